The fraction of sp³-hybridized carbons (Fsp3) is 0.333. The third-order valence-electron chi connectivity index (χ3n) is 10.2. The highest BCUT2D eigenvalue weighted by Gasteiger charge is 2.44. The number of piperidine rings is 1. The summed E-state index contributed by atoms with van der Waals surface area (Å²) in [6, 6.07) is 19.3. The van der Waals surface area contributed by atoms with Gasteiger partial charge in [0, 0.05) is 29.6 Å². The van der Waals surface area contributed by atoms with Gasteiger partial charge in [0.15, 0.2) is 5.16 Å². The number of aryl methyl sites for hydroxylation is 1. The third kappa shape index (κ3) is 8.28. The average molecular weight is 775 g/mol. The Balaban J connectivity index is 1.06. The number of nitriles is 1. The standard InChI is InChI=1S/C42H42N6O7S/c1-6-25-19-28(42(3,4)27-7-10-31(11-8-27)55-23-30-15-17-44-41(46-30)56-5)20-26(22-43)36(25)54-18-16-24(2)37(50)45-29-9-12-32-33(21-29)40(53)48(39(32)52)34-13-14-35(49)47-38(34)51/h7-12,15,17,19-21,24,34H,6,13-14,16,18,23H2,1-5H3,(H,45,50)(H,47,49,51). The molecule has 56 heavy (non-hydrogen) atoms. The highest BCUT2D eigenvalue weighted by molar-refractivity contribution is 7.98. The van der Waals surface area contributed by atoms with Gasteiger partial charge in [-0.15, -0.1) is 0 Å². The van der Waals surface area contributed by atoms with E-state index in [0.29, 0.717) is 47.4 Å². The average Bonchev–Trinajstić information content (AvgIpc) is 3.44. The van der Waals surface area contributed by atoms with Crippen LogP contribution >= 0.6 is 11.8 Å². The van der Waals surface area contributed by atoms with Crippen LogP contribution in [-0.4, -0.2) is 63.3 Å². The number of fused-ring (bicyclic) bond motifs is 1. The van der Waals surface area contributed by atoms with Gasteiger partial charge in [0.25, 0.3) is 11.8 Å². The third-order valence-corrected chi connectivity index (χ3v) is 10.7. The minimum absolute atomic E-state index is 0.0204. The van der Waals surface area contributed by atoms with Gasteiger partial charge in [-0.1, -0.05) is 57.7 Å². The zero-order valence-corrected chi connectivity index (χ0v) is 32.6. The first-order valence-corrected chi connectivity index (χ1v) is 19.5. The molecule has 14 heteroatoms. The van der Waals surface area contributed by atoms with Crippen molar-refractivity contribution in [1.82, 2.24) is 20.2 Å². The van der Waals surface area contributed by atoms with Crippen molar-refractivity contribution < 1.29 is 33.4 Å². The molecule has 3 heterocycles. The fourth-order valence-electron chi connectivity index (χ4n) is 6.70. The number of anilines is 1. The van der Waals surface area contributed by atoms with E-state index in [9.17, 15) is 29.2 Å². The number of hydrogen-bond donors (Lipinski definition) is 2. The molecule has 6 rings (SSSR count). The van der Waals surface area contributed by atoms with Crippen molar-refractivity contribution >= 4 is 47.0 Å². The van der Waals surface area contributed by atoms with E-state index in [1.54, 1.807) is 13.1 Å². The lowest BCUT2D eigenvalue weighted by Crippen LogP contribution is -2.54. The number of benzene rings is 3. The summed E-state index contributed by atoms with van der Waals surface area (Å²) in [4.78, 5) is 72.9. The molecule has 0 saturated carbocycles. The number of carbonyl (C=O) groups is 5. The van der Waals surface area contributed by atoms with Crippen molar-refractivity contribution in [3.63, 3.8) is 0 Å². The largest absolute Gasteiger partial charge is 0.492 e. The highest BCUT2D eigenvalue weighted by atomic mass is 32.2. The second kappa shape index (κ2) is 16.7. The number of imide groups is 2. The van der Waals surface area contributed by atoms with Crippen LogP contribution in [0.25, 0.3) is 0 Å². The van der Waals surface area contributed by atoms with Crippen LogP contribution in [0.1, 0.15) is 95.6 Å². The SMILES string of the molecule is CCc1cc(C(C)(C)c2ccc(OCc3ccnc(SC)n3)cc2)cc(C#N)c1OCCC(C)C(=O)Nc1ccc2c(c1)C(=O)N(C1CCC(=O)NC1=O)C2=O. The van der Waals surface area contributed by atoms with Crippen LogP contribution in [0.2, 0.25) is 0 Å². The Labute approximate surface area is 329 Å². The molecule has 2 N–H and O–H groups in total. The van der Waals surface area contributed by atoms with E-state index >= 15 is 0 Å². The minimum Gasteiger partial charge on any atom is -0.492 e. The quantitative estimate of drug-likeness (QED) is 0.0874. The Kier molecular flexibility index (Phi) is 11.8. The molecule has 4 aromatic rings. The van der Waals surface area contributed by atoms with Gasteiger partial charge in [-0.3, -0.25) is 34.2 Å². The first-order valence-electron chi connectivity index (χ1n) is 18.3. The van der Waals surface area contributed by atoms with E-state index in [1.807, 2.05) is 49.6 Å². The molecular formula is C42H42N6O7S. The highest BCUT2D eigenvalue weighted by Crippen LogP contribution is 2.37. The second-order valence-electron chi connectivity index (χ2n) is 14.2. The van der Waals surface area contributed by atoms with Crippen LogP contribution in [0.15, 0.2) is 72.0 Å². The van der Waals surface area contributed by atoms with Crippen molar-refractivity contribution in [1.29, 1.82) is 5.26 Å². The van der Waals surface area contributed by atoms with Crippen LogP contribution < -0.4 is 20.1 Å². The summed E-state index contributed by atoms with van der Waals surface area (Å²) in [5.41, 5.74) is 4.14. The number of aromatic nitrogens is 2. The zero-order chi connectivity index (χ0) is 40.1. The van der Waals surface area contributed by atoms with Crippen LogP contribution in [0.4, 0.5) is 5.69 Å². The molecule has 0 radical (unpaired) electrons. The Morgan fingerprint density at radius 1 is 1.04 bits per heavy atom. The predicted octanol–water partition coefficient (Wildman–Crippen LogP) is 5.98. The molecular weight excluding hydrogens is 733 g/mol. The fourth-order valence-corrected chi connectivity index (χ4v) is 7.07. The lowest BCUT2D eigenvalue weighted by atomic mass is 9.77. The molecule has 2 unspecified atom stereocenters. The van der Waals surface area contributed by atoms with Crippen molar-refractivity contribution in [2.24, 2.45) is 5.92 Å². The lowest BCUT2D eigenvalue weighted by molar-refractivity contribution is -0.136. The molecule has 0 aliphatic carbocycles. The summed E-state index contributed by atoms with van der Waals surface area (Å²) in [5.74, 6) is -2.05. The number of amides is 5. The molecule has 0 bridgehead atoms. The molecule has 1 aromatic heterocycles. The molecule has 2 atom stereocenters. The van der Waals surface area contributed by atoms with E-state index in [-0.39, 0.29) is 36.5 Å². The van der Waals surface area contributed by atoms with Gasteiger partial charge < -0.3 is 14.8 Å². The summed E-state index contributed by atoms with van der Waals surface area (Å²) in [5, 5.41) is 15.9. The Morgan fingerprint density at radius 2 is 1.79 bits per heavy atom. The van der Waals surface area contributed by atoms with Gasteiger partial charge in [0.1, 0.15) is 30.2 Å². The Bertz CT molecular complexity index is 2250. The van der Waals surface area contributed by atoms with E-state index in [2.05, 4.69) is 46.6 Å². The first kappa shape index (κ1) is 39.6. The summed E-state index contributed by atoms with van der Waals surface area (Å²) in [6.45, 7) is 8.45. The van der Waals surface area contributed by atoms with E-state index in [4.69, 9.17) is 9.47 Å². The summed E-state index contributed by atoms with van der Waals surface area (Å²) in [7, 11) is 0. The Morgan fingerprint density at radius 3 is 2.48 bits per heavy atom. The van der Waals surface area contributed by atoms with Crippen LogP contribution in [-0.2, 0) is 32.8 Å². The molecule has 2 aliphatic rings. The Hall–Kier alpha value is -6.07. The first-order chi connectivity index (χ1) is 26.8. The number of hydrogen-bond acceptors (Lipinski definition) is 11. The summed E-state index contributed by atoms with van der Waals surface area (Å²) < 4.78 is 12.2. The normalized spacial score (nSPS) is 15.9. The van der Waals surface area contributed by atoms with E-state index in [1.165, 1.54) is 30.0 Å². The topological polar surface area (TPSA) is 181 Å². The van der Waals surface area contributed by atoms with E-state index < -0.39 is 41.0 Å². The van der Waals surface area contributed by atoms with Gasteiger partial charge in [-0.25, -0.2) is 9.97 Å². The number of nitrogens with zero attached hydrogens (tertiary/aromatic N) is 4. The number of thioether (sulfide) groups is 1. The van der Waals surface area contributed by atoms with Crippen LogP contribution in [0.3, 0.4) is 0 Å². The number of rotatable bonds is 14. The van der Waals surface area contributed by atoms with E-state index in [0.717, 1.165) is 27.3 Å². The maximum Gasteiger partial charge on any atom is 0.262 e. The van der Waals surface area contributed by atoms with Gasteiger partial charge >= 0.3 is 0 Å². The summed E-state index contributed by atoms with van der Waals surface area (Å²) >= 11 is 1.47. The molecule has 1 fully saturated rings. The molecule has 5 amide bonds. The number of carbonyl (C=O) groups excluding carboxylic acids is 5. The van der Waals surface area contributed by atoms with Crippen molar-refractivity contribution in [2.75, 3.05) is 18.2 Å². The number of ether oxygens (including phenoxy) is 2. The van der Waals surface area contributed by atoms with Crippen molar-refractivity contribution in [3.8, 4) is 17.6 Å². The van der Waals surface area contributed by atoms with Crippen LogP contribution in [0, 0.1) is 17.2 Å². The number of nitrogens with one attached hydrogen (secondary N) is 2. The smallest absolute Gasteiger partial charge is 0.262 e. The lowest BCUT2D eigenvalue weighted by Gasteiger charge is -2.28. The molecule has 1 saturated heterocycles. The molecule has 2 aliphatic heterocycles. The van der Waals surface area contributed by atoms with Crippen molar-refractivity contribution in [3.05, 3.63) is 106 Å². The molecule has 13 nitrogen and oxygen atoms in total. The minimum atomic E-state index is -1.08. The van der Waals surface area contributed by atoms with Crippen LogP contribution in [0.5, 0.6) is 11.5 Å². The molecule has 0 spiro atoms. The predicted molar refractivity (Wildman–Crippen MR) is 208 cm³/mol. The maximum atomic E-state index is 13.2. The maximum absolute atomic E-state index is 13.2. The molecule has 288 valence electrons. The molecule has 3 aromatic carbocycles. The van der Waals surface area contributed by atoms with Gasteiger partial charge in [-0.05, 0) is 84.7 Å². The summed E-state index contributed by atoms with van der Waals surface area (Å²) in [6.07, 6.45) is 4.68. The van der Waals surface area contributed by atoms with Gasteiger partial charge in [0.2, 0.25) is 17.7 Å². The second-order valence-corrected chi connectivity index (χ2v) is 15.0. The van der Waals surface area contributed by atoms with Gasteiger partial charge in [0.05, 0.1) is 29.0 Å². The van der Waals surface area contributed by atoms with Crippen molar-refractivity contribution in [2.45, 2.75) is 76.6 Å². The zero-order valence-electron chi connectivity index (χ0n) is 31.8. The van der Waals surface area contributed by atoms with Gasteiger partial charge in [-0.2, -0.15) is 5.26 Å². The monoisotopic (exact) mass is 774 g/mol.